The van der Waals surface area contributed by atoms with Crippen molar-refractivity contribution in [3.8, 4) is 0 Å². The Kier molecular flexibility index (Phi) is 3.35. The molecule has 0 aliphatic carbocycles. The second-order valence-corrected chi connectivity index (χ2v) is 4.48. The molecule has 21 heavy (non-hydrogen) atoms. The summed E-state index contributed by atoms with van der Waals surface area (Å²) in [5, 5.41) is 3.08. The first-order valence-electron chi connectivity index (χ1n) is 6.31. The van der Waals surface area contributed by atoms with E-state index >= 15 is 0 Å². The first-order valence-corrected chi connectivity index (χ1v) is 6.31. The van der Waals surface area contributed by atoms with E-state index in [1.165, 1.54) is 6.07 Å². The van der Waals surface area contributed by atoms with Crippen molar-refractivity contribution in [3.63, 3.8) is 0 Å². The molecule has 0 aliphatic rings. The number of hydrogen-bond donors (Lipinski definition) is 2. The third kappa shape index (κ3) is 2.60. The molecule has 0 unspecified atom stereocenters. The molecule has 0 radical (unpaired) electrons. The normalized spacial score (nSPS) is 10.8. The maximum absolute atomic E-state index is 13.5. The highest BCUT2D eigenvalue weighted by molar-refractivity contribution is 5.77. The van der Waals surface area contributed by atoms with Crippen LogP contribution in [-0.2, 0) is 6.54 Å². The SMILES string of the molecule is O=c1[nH]c(CNc2c(F)cccc2F)nc2ccccc12. The molecule has 0 amide bonds. The predicted molar refractivity (Wildman–Crippen MR) is 76.0 cm³/mol. The lowest BCUT2D eigenvalue weighted by Gasteiger charge is -2.08. The van der Waals surface area contributed by atoms with Crippen LogP contribution in [0.5, 0.6) is 0 Å². The van der Waals surface area contributed by atoms with Crippen molar-refractivity contribution in [2.24, 2.45) is 0 Å². The molecular formula is C15H11F2N3O. The molecule has 0 saturated heterocycles. The number of rotatable bonds is 3. The zero-order valence-corrected chi connectivity index (χ0v) is 10.9. The number of H-pyrrole nitrogens is 1. The Morgan fingerprint density at radius 3 is 2.52 bits per heavy atom. The van der Waals surface area contributed by atoms with Gasteiger partial charge >= 0.3 is 0 Å². The molecule has 3 aromatic rings. The summed E-state index contributed by atoms with van der Waals surface area (Å²) in [6.07, 6.45) is 0. The van der Waals surface area contributed by atoms with Gasteiger partial charge in [-0.2, -0.15) is 0 Å². The monoisotopic (exact) mass is 287 g/mol. The van der Waals surface area contributed by atoms with Crippen molar-refractivity contribution < 1.29 is 8.78 Å². The number of para-hydroxylation sites is 2. The molecule has 0 spiro atoms. The predicted octanol–water partition coefficient (Wildman–Crippen LogP) is 2.81. The summed E-state index contributed by atoms with van der Waals surface area (Å²) >= 11 is 0. The number of nitrogens with zero attached hydrogens (tertiary/aromatic N) is 1. The Balaban J connectivity index is 1.91. The van der Waals surface area contributed by atoms with Gasteiger partial charge in [-0.25, -0.2) is 13.8 Å². The zero-order valence-electron chi connectivity index (χ0n) is 10.9. The number of halogens is 2. The van der Waals surface area contributed by atoms with Crippen LogP contribution in [0.25, 0.3) is 10.9 Å². The minimum absolute atomic E-state index is 0.0118. The maximum Gasteiger partial charge on any atom is 0.258 e. The van der Waals surface area contributed by atoms with Gasteiger partial charge in [0, 0.05) is 0 Å². The largest absolute Gasteiger partial charge is 0.373 e. The minimum atomic E-state index is -0.696. The second kappa shape index (κ2) is 5.32. The van der Waals surface area contributed by atoms with Gasteiger partial charge in [-0.05, 0) is 24.3 Å². The fourth-order valence-electron chi connectivity index (χ4n) is 2.06. The molecular weight excluding hydrogens is 276 g/mol. The highest BCUT2D eigenvalue weighted by Gasteiger charge is 2.09. The lowest BCUT2D eigenvalue weighted by molar-refractivity contribution is 0.587. The number of aromatic amines is 1. The number of aromatic nitrogens is 2. The van der Waals surface area contributed by atoms with Gasteiger partial charge < -0.3 is 10.3 Å². The van der Waals surface area contributed by atoms with Crippen molar-refractivity contribution in [1.29, 1.82) is 0 Å². The molecule has 106 valence electrons. The van der Waals surface area contributed by atoms with E-state index in [1.54, 1.807) is 24.3 Å². The average molecular weight is 287 g/mol. The number of nitrogens with one attached hydrogen (secondary N) is 2. The van der Waals surface area contributed by atoms with Crippen LogP contribution < -0.4 is 10.9 Å². The summed E-state index contributed by atoms with van der Waals surface area (Å²) < 4.78 is 27.0. The zero-order chi connectivity index (χ0) is 14.8. The summed E-state index contributed by atoms with van der Waals surface area (Å²) in [7, 11) is 0. The summed E-state index contributed by atoms with van der Waals surface area (Å²) in [5.41, 5.74) is 0.00627. The van der Waals surface area contributed by atoms with E-state index in [1.807, 2.05) is 0 Å². The van der Waals surface area contributed by atoms with E-state index in [2.05, 4.69) is 15.3 Å². The molecule has 0 aliphatic heterocycles. The van der Waals surface area contributed by atoms with Gasteiger partial charge in [0.05, 0.1) is 17.4 Å². The number of fused-ring (bicyclic) bond motifs is 1. The van der Waals surface area contributed by atoms with E-state index in [0.717, 1.165) is 12.1 Å². The molecule has 0 atom stereocenters. The van der Waals surface area contributed by atoms with E-state index in [0.29, 0.717) is 16.7 Å². The Labute approximate surface area is 118 Å². The second-order valence-electron chi connectivity index (χ2n) is 4.48. The molecule has 3 rings (SSSR count). The molecule has 0 saturated carbocycles. The van der Waals surface area contributed by atoms with Crippen LogP contribution >= 0.6 is 0 Å². The Hall–Kier alpha value is -2.76. The summed E-state index contributed by atoms with van der Waals surface area (Å²) in [4.78, 5) is 18.7. The number of benzene rings is 2. The number of anilines is 1. The molecule has 2 aromatic carbocycles. The van der Waals surface area contributed by atoms with Crippen molar-refractivity contribution >= 4 is 16.6 Å². The molecule has 6 heteroatoms. The smallest absolute Gasteiger partial charge is 0.258 e. The first kappa shape index (κ1) is 13.2. The molecule has 1 aromatic heterocycles. The van der Waals surface area contributed by atoms with Crippen LogP contribution in [0, 0.1) is 11.6 Å². The third-order valence-corrected chi connectivity index (χ3v) is 3.06. The van der Waals surface area contributed by atoms with Gasteiger partial charge in [0.1, 0.15) is 23.1 Å². The van der Waals surface area contributed by atoms with Gasteiger partial charge in [-0.3, -0.25) is 4.79 Å². The van der Waals surface area contributed by atoms with Crippen molar-refractivity contribution in [2.45, 2.75) is 6.54 Å². The lowest BCUT2D eigenvalue weighted by atomic mass is 10.2. The van der Waals surface area contributed by atoms with Crippen LogP contribution in [-0.4, -0.2) is 9.97 Å². The fourth-order valence-corrected chi connectivity index (χ4v) is 2.06. The van der Waals surface area contributed by atoms with Crippen LogP contribution in [0.2, 0.25) is 0 Å². The molecule has 0 fully saturated rings. The summed E-state index contributed by atoms with van der Waals surface area (Å²) in [6.45, 7) is 0.0118. The molecule has 0 bridgehead atoms. The number of hydrogen-bond acceptors (Lipinski definition) is 3. The average Bonchev–Trinajstić information content (AvgIpc) is 2.47. The van der Waals surface area contributed by atoms with Gasteiger partial charge in [0.25, 0.3) is 5.56 Å². The molecule has 4 nitrogen and oxygen atoms in total. The van der Waals surface area contributed by atoms with Crippen LogP contribution in [0.15, 0.2) is 47.3 Å². The van der Waals surface area contributed by atoms with Crippen LogP contribution in [0.3, 0.4) is 0 Å². The van der Waals surface area contributed by atoms with E-state index in [9.17, 15) is 13.6 Å². The van der Waals surface area contributed by atoms with Crippen molar-refractivity contribution in [3.05, 3.63) is 70.3 Å². The van der Waals surface area contributed by atoms with Gasteiger partial charge in [-0.1, -0.05) is 18.2 Å². The van der Waals surface area contributed by atoms with Crippen molar-refractivity contribution in [2.75, 3.05) is 5.32 Å². The van der Waals surface area contributed by atoms with E-state index in [4.69, 9.17) is 0 Å². The highest BCUT2D eigenvalue weighted by atomic mass is 19.1. The minimum Gasteiger partial charge on any atom is -0.373 e. The van der Waals surface area contributed by atoms with E-state index in [-0.39, 0.29) is 17.8 Å². The molecule has 1 heterocycles. The van der Waals surface area contributed by atoms with Crippen LogP contribution in [0.4, 0.5) is 14.5 Å². The van der Waals surface area contributed by atoms with Crippen LogP contribution in [0.1, 0.15) is 5.82 Å². The Morgan fingerprint density at radius 1 is 1.05 bits per heavy atom. The maximum atomic E-state index is 13.5. The quantitative estimate of drug-likeness (QED) is 0.778. The Bertz CT molecular complexity index is 841. The highest BCUT2D eigenvalue weighted by Crippen LogP contribution is 2.18. The standard InChI is InChI=1S/C15H11F2N3O/c16-10-5-3-6-11(17)14(10)18-8-13-19-12-7-2-1-4-9(12)15(21)20-13/h1-7,18H,8H2,(H,19,20,21). The summed E-state index contributed by atoms with van der Waals surface area (Å²) in [5.74, 6) is -1.09. The van der Waals surface area contributed by atoms with Gasteiger partial charge in [-0.15, -0.1) is 0 Å². The van der Waals surface area contributed by atoms with Gasteiger partial charge in [0.2, 0.25) is 0 Å². The van der Waals surface area contributed by atoms with E-state index < -0.39 is 11.6 Å². The first-order chi connectivity index (χ1) is 10.1. The molecule has 2 N–H and O–H groups in total. The lowest BCUT2D eigenvalue weighted by Crippen LogP contribution is -2.15. The fraction of sp³-hybridized carbons (Fsp3) is 0.0667. The van der Waals surface area contributed by atoms with Crippen molar-refractivity contribution in [1.82, 2.24) is 9.97 Å². The van der Waals surface area contributed by atoms with Gasteiger partial charge in [0.15, 0.2) is 0 Å². The Morgan fingerprint density at radius 2 is 1.76 bits per heavy atom. The topological polar surface area (TPSA) is 57.8 Å². The third-order valence-electron chi connectivity index (χ3n) is 3.06. The summed E-state index contributed by atoms with van der Waals surface area (Å²) in [6, 6.07) is 10.5.